The molecule has 0 saturated carbocycles. The number of carbonyl (C=O) groups excluding carboxylic acids is 1. The molecule has 8 heteroatoms. The van der Waals surface area contributed by atoms with Crippen LogP contribution < -0.4 is 5.32 Å². The number of fused-ring (bicyclic) bond motifs is 2. The molecule has 2 aromatic carbocycles. The maximum atomic E-state index is 12.9. The summed E-state index contributed by atoms with van der Waals surface area (Å²) in [5, 5.41) is 14.3. The fourth-order valence-electron chi connectivity index (χ4n) is 3.89. The molecule has 2 unspecified atom stereocenters. The Kier molecular flexibility index (Phi) is 4.45. The van der Waals surface area contributed by atoms with Crippen molar-refractivity contribution in [1.29, 1.82) is 0 Å². The summed E-state index contributed by atoms with van der Waals surface area (Å²) in [5.74, 6) is -1.26. The number of anilines is 1. The molecule has 1 amide bonds. The number of sulfonamides is 1. The summed E-state index contributed by atoms with van der Waals surface area (Å²) in [6.45, 7) is 3.73. The Balaban J connectivity index is 1.88. The quantitative estimate of drug-likeness (QED) is 0.739. The number of nitrogens with one attached hydrogen (secondary N) is 1. The smallest absolute Gasteiger partial charge is 0.242 e. The second-order valence-corrected chi connectivity index (χ2v) is 9.48. The standard InChI is InChI=1S/C21H21N3O4S/c1-4-11-21(26)15-7-5-6-8-17(15)22-19(21)18-14-12-13(29(27,28)24(2)3)9-10-16(14)23-20(18)25/h4-10,12,18,26H,1,11H2,2-3H3,(H,23,25). The first kappa shape index (κ1) is 19.5. The maximum absolute atomic E-state index is 12.9. The van der Waals surface area contributed by atoms with Crippen LogP contribution in [0, 0.1) is 0 Å². The fourth-order valence-corrected chi connectivity index (χ4v) is 4.83. The first-order chi connectivity index (χ1) is 13.7. The number of rotatable bonds is 5. The number of hydrogen-bond donors (Lipinski definition) is 2. The molecule has 150 valence electrons. The van der Waals surface area contributed by atoms with Crippen molar-refractivity contribution in [3.8, 4) is 0 Å². The summed E-state index contributed by atoms with van der Waals surface area (Å²) in [7, 11) is -0.783. The fraction of sp³-hybridized carbons (Fsp3) is 0.238. The minimum Gasteiger partial charge on any atom is -0.379 e. The minimum atomic E-state index is -3.68. The molecule has 2 N–H and O–H groups in total. The van der Waals surface area contributed by atoms with Crippen LogP contribution in [0.5, 0.6) is 0 Å². The van der Waals surface area contributed by atoms with Gasteiger partial charge >= 0.3 is 0 Å². The summed E-state index contributed by atoms with van der Waals surface area (Å²) in [6, 6.07) is 11.7. The lowest BCUT2D eigenvalue weighted by Gasteiger charge is -2.27. The number of para-hydroxylation sites is 1. The molecule has 2 aliphatic rings. The van der Waals surface area contributed by atoms with E-state index < -0.39 is 21.5 Å². The van der Waals surface area contributed by atoms with E-state index >= 15 is 0 Å². The van der Waals surface area contributed by atoms with E-state index in [0.717, 1.165) is 4.31 Å². The summed E-state index contributed by atoms with van der Waals surface area (Å²) >= 11 is 0. The van der Waals surface area contributed by atoms with Gasteiger partial charge < -0.3 is 10.4 Å². The molecule has 0 spiro atoms. The van der Waals surface area contributed by atoms with Crippen LogP contribution in [-0.2, 0) is 20.4 Å². The van der Waals surface area contributed by atoms with Gasteiger partial charge in [-0.3, -0.25) is 9.79 Å². The van der Waals surface area contributed by atoms with Gasteiger partial charge in [0.05, 0.1) is 16.3 Å². The van der Waals surface area contributed by atoms with Gasteiger partial charge in [0, 0.05) is 31.8 Å². The molecule has 0 fully saturated rings. The average molecular weight is 411 g/mol. The third-order valence-corrected chi connectivity index (χ3v) is 7.17. The third kappa shape index (κ3) is 2.83. The Morgan fingerprint density at radius 1 is 1.28 bits per heavy atom. The van der Waals surface area contributed by atoms with Crippen molar-refractivity contribution < 1.29 is 18.3 Å². The number of hydrogen-bond acceptors (Lipinski definition) is 5. The summed E-state index contributed by atoms with van der Waals surface area (Å²) in [4.78, 5) is 17.5. The second kappa shape index (κ2) is 6.62. The Hall–Kier alpha value is -2.81. The van der Waals surface area contributed by atoms with Crippen molar-refractivity contribution in [3.05, 3.63) is 66.2 Å². The van der Waals surface area contributed by atoms with Crippen LogP contribution in [0.25, 0.3) is 0 Å². The average Bonchev–Trinajstić information content (AvgIpc) is 3.15. The summed E-state index contributed by atoms with van der Waals surface area (Å²) in [5.41, 5.74) is 0.968. The number of benzene rings is 2. The number of carbonyl (C=O) groups is 1. The highest BCUT2D eigenvalue weighted by atomic mass is 32.2. The van der Waals surface area contributed by atoms with Crippen molar-refractivity contribution in [3.63, 3.8) is 0 Å². The lowest BCUT2D eigenvalue weighted by molar-refractivity contribution is -0.116. The highest BCUT2D eigenvalue weighted by Crippen LogP contribution is 2.48. The number of amides is 1. The largest absolute Gasteiger partial charge is 0.379 e. The van der Waals surface area contributed by atoms with Crippen LogP contribution in [0.3, 0.4) is 0 Å². The summed E-state index contributed by atoms with van der Waals surface area (Å²) < 4.78 is 26.3. The van der Waals surface area contributed by atoms with Crippen molar-refractivity contribution >= 4 is 33.0 Å². The molecular weight excluding hydrogens is 390 g/mol. The number of aliphatic imine (C=N–C) groups is 1. The SMILES string of the molecule is C=CCC1(O)C(C2C(=O)Nc3ccc(S(=O)(=O)N(C)C)cc32)=Nc2ccccc21. The monoisotopic (exact) mass is 411 g/mol. The zero-order valence-electron chi connectivity index (χ0n) is 16.1. The molecule has 2 aliphatic heterocycles. The van der Waals surface area contributed by atoms with Gasteiger partial charge in [0.15, 0.2) is 0 Å². The molecule has 0 saturated heterocycles. The van der Waals surface area contributed by atoms with Gasteiger partial charge in [-0.25, -0.2) is 12.7 Å². The van der Waals surface area contributed by atoms with Crippen LogP contribution in [0.1, 0.15) is 23.5 Å². The minimum absolute atomic E-state index is 0.0751. The van der Waals surface area contributed by atoms with Crippen LogP contribution in [0.4, 0.5) is 11.4 Å². The van der Waals surface area contributed by atoms with Gasteiger partial charge in [-0.2, -0.15) is 0 Å². The highest BCUT2D eigenvalue weighted by molar-refractivity contribution is 7.89. The molecule has 0 aromatic heterocycles. The van der Waals surface area contributed by atoms with Gasteiger partial charge in [-0.05, 0) is 29.8 Å². The second-order valence-electron chi connectivity index (χ2n) is 7.33. The van der Waals surface area contributed by atoms with Gasteiger partial charge in [0.1, 0.15) is 11.5 Å². The van der Waals surface area contributed by atoms with Crippen LogP contribution in [0.2, 0.25) is 0 Å². The Bertz CT molecular complexity index is 1170. The van der Waals surface area contributed by atoms with Crippen molar-refractivity contribution in [2.45, 2.75) is 22.8 Å². The van der Waals surface area contributed by atoms with E-state index in [1.54, 1.807) is 30.3 Å². The maximum Gasteiger partial charge on any atom is 0.242 e. The van der Waals surface area contributed by atoms with Crippen molar-refractivity contribution in [1.82, 2.24) is 4.31 Å². The van der Waals surface area contributed by atoms with E-state index in [2.05, 4.69) is 16.9 Å². The Labute approximate surface area is 169 Å². The summed E-state index contributed by atoms with van der Waals surface area (Å²) in [6.07, 6.45) is 1.76. The first-order valence-electron chi connectivity index (χ1n) is 9.09. The van der Waals surface area contributed by atoms with Crippen molar-refractivity contribution in [2.75, 3.05) is 19.4 Å². The van der Waals surface area contributed by atoms with E-state index in [0.29, 0.717) is 22.5 Å². The Morgan fingerprint density at radius 2 is 2.00 bits per heavy atom. The van der Waals surface area contributed by atoms with Gasteiger partial charge in [-0.15, -0.1) is 6.58 Å². The van der Waals surface area contributed by atoms with E-state index in [-0.39, 0.29) is 22.9 Å². The molecular formula is C21H21N3O4S. The van der Waals surface area contributed by atoms with E-state index in [4.69, 9.17) is 0 Å². The van der Waals surface area contributed by atoms with Gasteiger partial charge in [-0.1, -0.05) is 24.3 Å². The van der Waals surface area contributed by atoms with Crippen LogP contribution in [0.15, 0.2) is 65.0 Å². The predicted molar refractivity (Wildman–Crippen MR) is 111 cm³/mol. The van der Waals surface area contributed by atoms with E-state index in [1.165, 1.54) is 26.2 Å². The first-order valence-corrected chi connectivity index (χ1v) is 10.5. The normalized spacial score (nSPS) is 22.8. The zero-order chi connectivity index (χ0) is 21.0. The lowest BCUT2D eigenvalue weighted by atomic mass is 9.79. The predicted octanol–water partition coefficient (Wildman–Crippen LogP) is 2.52. The highest BCUT2D eigenvalue weighted by Gasteiger charge is 2.49. The molecule has 4 rings (SSSR count). The van der Waals surface area contributed by atoms with Gasteiger partial charge in [0.2, 0.25) is 15.9 Å². The molecule has 0 aliphatic carbocycles. The lowest BCUT2D eigenvalue weighted by Crippen LogP contribution is -2.38. The molecule has 2 aromatic rings. The third-order valence-electron chi connectivity index (χ3n) is 5.36. The van der Waals surface area contributed by atoms with Gasteiger partial charge in [0.25, 0.3) is 0 Å². The van der Waals surface area contributed by atoms with Crippen LogP contribution in [-0.4, -0.2) is 43.5 Å². The topological polar surface area (TPSA) is 99.1 Å². The Morgan fingerprint density at radius 3 is 2.69 bits per heavy atom. The molecule has 2 heterocycles. The zero-order valence-corrected chi connectivity index (χ0v) is 16.9. The number of nitrogens with zero attached hydrogens (tertiary/aromatic N) is 2. The van der Waals surface area contributed by atoms with E-state index in [1.807, 2.05) is 6.07 Å². The molecule has 7 nitrogen and oxygen atoms in total. The number of aliphatic hydroxyl groups is 1. The van der Waals surface area contributed by atoms with Crippen molar-refractivity contribution in [2.24, 2.45) is 4.99 Å². The molecule has 0 radical (unpaired) electrons. The van der Waals surface area contributed by atoms with Crippen LogP contribution >= 0.6 is 0 Å². The van der Waals surface area contributed by atoms with E-state index in [9.17, 15) is 18.3 Å². The molecule has 0 bridgehead atoms. The molecule has 2 atom stereocenters. The molecule has 29 heavy (non-hydrogen) atoms.